The summed E-state index contributed by atoms with van der Waals surface area (Å²) in [6.45, 7) is 5.77. The zero-order valence-corrected chi connectivity index (χ0v) is 16.6. The Hall–Kier alpha value is -2.77. The third-order valence-electron chi connectivity index (χ3n) is 5.53. The molecule has 0 radical (unpaired) electrons. The first-order valence-electron chi connectivity index (χ1n) is 9.35. The number of anilines is 2. The molecule has 0 N–H and O–H groups in total. The van der Waals surface area contributed by atoms with Crippen LogP contribution in [0.5, 0.6) is 0 Å². The Bertz CT molecular complexity index is 1090. The highest BCUT2D eigenvalue weighted by Crippen LogP contribution is 2.38. The molecule has 28 heavy (non-hydrogen) atoms. The fourth-order valence-electron chi connectivity index (χ4n) is 4.02. The van der Waals surface area contributed by atoms with Crippen molar-refractivity contribution in [1.82, 2.24) is 9.88 Å². The molecular weight excluding hydrogens is 372 g/mol. The molecule has 7 heteroatoms. The lowest BCUT2D eigenvalue weighted by Gasteiger charge is -2.35. The number of piperazine rings is 1. The van der Waals surface area contributed by atoms with E-state index in [0.717, 1.165) is 47.5 Å². The number of amides is 2. The monoisotopic (exact) mass is 392 g/mol. The standard InChI is InChI=1S/C21H20N4O2S/c1-13-12-22-21(28-13)25-19(26)15-5-3-4-14-17(24-10-8-23(2)9-11-24)7-6-16(18(14)15)20(25)27/h3-7,12H,8-11H2,1-2H3. The zero-order chi connectivity index (χ0) is 19.4. The van der Waals surface area contributed by atoms with Gasteiger partial charge in [0.05, 0.1) is 0 Å². The van der Waals surface area contributed by atoms with Gasteiger partial charge in [-0.1, -0.05) is 12.1 Å². The number of likely N-dealkylation sites (N-methyl/N-ethyl adjacent to an activating group) is 1. The molecule has 0 spiro atoms. The van der Waals surface area contributed by atoms with Crippen molar-refractivity contribution < 1.29 is 9.59 Å². The van der Waals surface area contributed by atoms with Crippen LogP contribution in [0.1, 0.15) is 25.6 Å². The second-order valence-electron chi connectivity index (χ2n) is 7.35. The second kappa shape index (κ2) is 6.39. The van der Waals surface area contributed by atoms with Gasteiger partial charge in [0.15, 0.2) is 5.13 Å². The first-order chi connectivity index (χ1) is 13.5. The van der Waals surface area contributed by atoms with E-state index in [9.17, 15) is 9.59 Å². The number of rotatable bonds is 2. The van der Waals surface area contributed by atoms with E-state index in [-0.39, 0.29) is 11.8 Å². The molecule has 2 aliphatic rings. The summed E-state index contributed by atoms with van der Waals surface area (Å²) in [5.41, 5.74) is 2.22. The molecule has 3 aromatic rings. The first-order valence-corrected chi connectivity index (χ1v) is 10.2. The Morgan fingerprint density at radius 1 is 0.964 bits per heavy atom. The molecule has 2 aliphatic heterocycles. The van der Waals surface area contributed by atoms with Gasteiger partial charge in [-0.05, 0) is 32.2 Å². The summed E-state index contributed by atoms with van der Waals surface area (Å²) in [5, 5.41) is 2.16. The van der Waals surface area contributed by atoms with Gasteiger partial charge in [0.2, 0.25) is 0 Å². The SMILES string of the molecule is Cc1cnc(N2C(=O)c3cccc4c(N5CCN(C)CC5)ccc(c34)C2=O)s1. The average Bonchev–Trinajstić information content (AvgIpc) is 3.12. The number of carbonyl (C=O) groups is 2. The van der Waals surface area contributed by atoms with Crippen LogP contribution in [0.2, 0.25) is 0 Å². The lowest BCUT2D eigenvalue weighted by atomic mass is 9.93. The van der Waals surface area contributed by atoms with Gasteiger partial charge in [-0.3, -0.25) is 9.59 Å². The number of thiazole rings is 1. The Morgan fingerprint density at radius 2 is 1.68 bits per heavy atom. The van der Waals surface area contributed by atoms with Crippen molar-refractivity contribution in [3.63, 3.8) is 0 Å². The highest BCUT2D eigenvalue weighted by molar-refractivity contribution is 7.16. The van der Waals surface area contributed by atoms with E-state index in [4.69, 9.17) is 0 Å². The van der Waals surface area contributed by atoms with Crippen LogP contribution >= 0.6 is 11.3 Å². The van der Waals surface area contributed by atoms with Crippen molar-refractivity contribution in [2.45, 2.75) is 6.92 Å². The summed E-state index contributed by atoms with van der Waals surface area (Å²) in [6.07, 6.45) is 1.69. The van der Waals surface area contributed by atoms with E-state index in [2.05, 4.69) is 21.8 Å². The maximum Gasteiger partial charge on any atom is 0.267 e. The molecule has 0 bridgehead atoms. The summed E-state index contributed by atoms with van der Waals surface area (Å²) in [5.74, 6) is -0.596. The number of nitrogens with zero attached hydrogens (tertiary/aromatic N) is 4. The molecule has 1 aromatic heterocycles. The van der Waals surface area contributed by atoms with Gasteiger partial charge in [-0.25, -0.2) is 9.88 Å². The fraction of sp³-hybridized carbons (Fsp3) is 0.286. The maximum atomic E-state index is 13.2. The summed E-state index contributed by atoms with van der Waals surface area (Å²) in [7, 11) is 2.13. The third-order valence-corrected chi connectivity index (χ3v) is 6.43. The zero-order valence-electron chi connectivity index (χ0n) is 15.8. The predicted molar refractivity (Wildman–Crippen MR) is 112 cm³/mol. The third kappa shape index (κ3) is 2.54. The second-order valence-corrected chi connectivity index (χ2v) is 8.56. The van der Waals surface area contributed by atoms with Crippen molar-refractivity contribution in [3.8, 4) is 0 Å². The molecule has 0 atom stereocenters. The summed E-state index contributed by atoms with van der Waals surface area (Å²) in [6, 6.07) is 9.61. The van der Waals surface area contributed by atoms with E-state index >= 15 is 0 Å². The Labute approximate surface area is 167 Å². The molecule has 6 nitrogen and oxygen atoms in total. The largest absolute Gasteiger partial charge is 0.368 e. The maximum absolute atomic E-state index is 13.2. The molecule has 5 rings (SSSR count). The van der Waals surface area contributed by atoms with Crippen LogP contribution in [0.4, 0.5) is 10.8 Å². The van der Waals surface area contributed by atoms with Gasteiger partial charge >= 0.3 is 0 Å². The lowest BCUT2D eigenvalue weighted by molar-refractivity contribution is 0.0893. The van der Waals surface area contributed by atoms with Crippen LogP contribution in [0.25, 0.3) is 10.8 Å². The van der Waals surface area contributed by atoms with Crippen LogP contribution in [-0.2, 0) is 0 Å². The van der Waals surface area contributed by atoms with Crippen molar-refractivity contribution >= 4 is 44.7 Å². The molecule has 1 fully saturated rings. The molecule has 0 saturated carbocycles. The Morgan fingerprint density at radius 3 is 2.36 bits per heavy atom. The molecule has 2 amide bonds. The summed E-state index contributed by atoms with van der Waals surface area (Å²) < 4.78 is 0. The van der Waals surface area contributed by atoms with Gasteiger partial charge < -0.3 is 9.80 Å². The number of aryl methyl sites for hydroxylation is 1. The topological polar surface area (TPSA) is 56.8 Å². The fourth-order valence-corrected chi connectivity index (χ4v) is 4.78. The van der Waals surface area contributed by atoms with Gasteiger partial charge in [0, 0.05) is 64.8 Å². The van der Waals surface area contributed by atoms with E-state index in [1.807, 2.05) is 37.3 Å². The van der Waals surface area contributed by atoms with Crippen molar-refractivity contribution in [2.75, 3.05) is 43.0 Å². The molecule has 1 saturated heterocycles. The van der Waals surface area contributed by atoms with Crippen molar-refractivity contribution in [1.29, 1.82) is 0 Å². The van der Waals surface area contributed by atoms with E-state index < -0.39 is 0 Å². The van der Waals surface area contributed by atoms with Gasteiger partial charge in [-0.15, -0.1) is 11.3 Å². The minimum atomic E-state index is -0.298. The van der Waals surface area contributed by atoms with E-state index in [1.165, 1.54) is 16.2 Å². The van der Waals surface area contributed by atoms with Crippen LogP contribution in [0.15, 0.2) is 36.5 Å². The van der Waals surface area contributed by atoms with Gasteiger partial charge in [-0.2, -0.15) is 0 Å². The molecule has 0 aliphatic carbocycles. The normalized spacial score (nSPS) is 17.6. The summed E-state index contributed by atoms with van der Waals surface area (Å²) >= 11 is 1.35. The van der Waals surface area contributed by atoms with E-state index in [0.29, 0.717) is 16.3 Å². The number of hydrogen-bond donors (Lipinski definition) is 0. The van der Waals surface area contributed by atoms with Gasteiger partial charge in [0.25, 0.3) is 11.8 Å². The van der Waals surface area contributed by atoms with Crippen LogP contribution in [0.3, 0.4) is 0 Å². The van der Waals surface area contributed by atoms with Crippen LogP contribution in [0, 0.1) is 6.92 Å². The Balaban J connectivity index is 1.66. The number of imide groups is 1. The van der Waals surface area contributed by atoms with E-state index in [1.54, 1.807) is 6.20 Å². The number of benzene rings is 2. The quantitative estimate of drug-likeness (QED) is 0.627. The Kier molecular flexibility index (Phi) is 3.96. The lowest BCUT2D eigenvalue weighted by Crippen LogP contribution is -2.45. The summed E-state index contributed by atoms with van der Waals surface area (Å²) in [4.78, 5) is 37.5. The number of carbonyl (C=O) groups excluding carboxylic acids is 2. The highest BCUT2D eigenvalue weighted by atomic mass is 32.1. The average molecular weight is 392 g/mol. The predicted octanol–water partition coefficient (Wildman–Crippen LogP) is 3.16. The van der Waals surface area contributed by atoms with Gasteiger partial charge in [0.1, 0.15) is 0 Å². The first kappa shape index (κ1) is 17.3. The molecule has 0 unspecified atom stereocenters. The molecule has 3 heterocycles. The minimum absolute atomic E-state index is 0.298. The van der Waals surface area contributed by atoms with Crippen LogP contribution < -0.4 is 9.80 Å². The number of hydrogen-bond acceptors (Lipinski definition) is 6. The smallest absolute Gasteiger partial charge is 0.267 e. The van der Waals surface area contributed by atoms with Crippen LogP contribution in [-0.4, -0.2) is 54.9 Å². The molecule has 142 valence electrons. The molecular formula is C21H20N4O2S. The minimum Gasteiger partial charge on any atom is -0.368 e. The number of aromatic nitrogens is 1. The molecule has 2 aromatic carbocycles. The van der Waals surface area contributed by atoms with Crippen molar-refractivity contribution in [3.05, 3.63) is 52.5 Å². The highest BCUT2D eigenvalue weighted by Gasteiger charge is 2.36. The van der Waals surface area contributed by atoms with Crippen molar-refractivity contribution in [2.24, 2.45) is 0 Å².